The number of hydrogen-bond donors (Lipinski definition) is 2. The molecule has 25 heavy (non-hydrogen) atoms. The van der Waals surface area contributed by atoms with Gasteiger partial charge in [0.1, 0.15) is 5.75 Å². The Kier molecular flexibility index (Phi) is 6.24. The van der Waals surface area contributed by atoms with Gasteiger partial charge in [0.05, 0.1) is 12.5 Å². The van der Waals surface area contributed by atoms with E-state index in [0.717, 1.165) is 6.42 Å². The second kappa shape index (κ2) is 8.19. The lowest BCUT2D eigenvalue weighted by molar-refractivity contribution is -0.274. The Hall–Kier alpha value is -2.29. The van der Waals surface area contributed by atoms with Crippen LogP contribution in [0, 0.1) is 5.92 Å². The van der Waals surface area contributed by atoms with Gasteiger partial charge in [0.15, 0.2) is 0 Å². The van der Waals surface area contributed by atoms with E-state index in [9.17, 15) is 22.8 Å². The lowest BCUT2D eigenvalue weighted by atomic mass is 9.98. The standard InChI is InChI=1S/C16H19F3N2O4/c17-16(18,19)25-13-5-3-11(4-6-13)8-20-14(22)10-21-7-1-2-12(9-21)15(23)24/h3-6,12H,1-2,7-10H2,(H,20,22)(H,23,24). The number of rotatable bonds is 6. The van der Waals surface area contributed by atoms with Crippen LogP contribution in [-0.2, 0) is 16.1 Å². The van der Waals surface area contributed by atoms with Crippen molar-refractivity contribution in [1.82, 2.24) is 10.2 Å². The third kappa shape index (κ3) is 6.61. The summed E-state index contributed by atoms with van der Waals surface area (Å²) in [6, 6.07) is 5.22. The van der Waals surface area contributed by atoms with Crippen molar-refractivity contribution in [2.24, 2.45) is 5.92 Å². The van der Waals surface area contributed by atoms with Gasteiger partial charge >= 0.3 is 12.3 Å². The van der Waals surface area contributed by atoms with Gasteiger partial charge in [-0.15, -0.1) is 13.2 Å². The summed E-state index contributed by atoms with van der Waals surface area (Å²) in [6.45, 7) is 1.27. The smallest absolute Gasteiger partial charge is 0.481 e. The maximum Gasteiger partial charge on any atom is 0.573 e. The molecule has 138 valence electrons. The Labute approximate surface area is 142 Å². The molecule has 1 saturated heterocycles. The van der Waals surface area contributed by atoms with Gasteiger partial charge in [0, 0.05) is 13.1 Å². The van der Waals surface area contributed by atoms with Crippen molar-refractivity contribution in [2.75, 3.05) is 19.6 Å². The number of carboxylic acids is 1. The number of aliphatic carboxylic acids is 1. The topological polar surface area (TPSA) is 78.9 Å². The lowest BCUT2D eigenvalue weighted by Crippen LogP contribution is -2.44. The summed E-state index contributed by atoms with van der Waals surface area (Å²) in [5, 5.41) is 11.7. The van der Waals surface area contributed by atoms with Crippen LogP contribution in [0.15, 0.2) is 24.3 Å². The molecule has 1 aliphatic heterocycles. The average molecular weight is 360 g/mol. The van der Waals surface area contributed by atoms with Crippen LogP contribution in [0.5, 0.6) is 5.75 Å². The third-order valence-corrected chi connectivity index (χ3v) is 3.87. The van der Waals surface area contributed by atoms with Crippen LogP contribution >= 0.6 is 0 Å². The summed E-state index contributed by atoms with van der Waals surface area (Å²) in [7, 11) is 0. The Bertz CT molecular complexity index is 604. The molecule has 0 spiro atoms. The summed E-state index contributed by atoms with van der Waals surface area (Å²) in [4.78, 5) is 24.7. The molecule has 1 heterocycles. The van der Waals surface area contributed by atoms with E-state index in [4.69, 9.17) is 5.11 Å². The molecule has 0 bridgehead atoms. The highest BCUT2D eigenvalue weighted by atomic mass is 19.4. The molecule has 0 saturated carbocycles. The van der Waals surface area contributed by atoms with E-state index in [2.05, 4.69) is 10.1 Å². The second-order valence-electron chi connectivity index (χ2n) is 5.88. The Morgan fingerprint density at radius 2 is 1.96 bits per heavy atom. The minimum absolute atomic E-state index is 0.0963. The quantitative estimate of drug-likeness (QED) is 0.811. The van der Waals surface area contributed by atoms with Crippen LogP contribution in [0.1, 0.15) is 18.4 Å². The zero-order valence-corrected chi connectivity index (χ0v) is 13.4. The first-order valence-corrected chi connectivity index (χ1v) is 7.79. The summed E-state index contributed by atoms with van der Waals surface area (Å²) in [5.41, 5.74) is 0.630. The van der Waals surface area contributed by atoms with E-state index < -0.39 is 18.2 Å². The maximum atomic E-state index is 12.1. The molecule has 1 aromatic carbocycles. The summed E-state index contributed by atoms with van der Waals surface area (Å²) < 4.78 is 40.0. The highest BCUT2D eigenvalue weighted by Crippen LogP contribution is 2.22. The van der Waals surface area contributed by atoms with E-state index >= 15 is 0 Å². The molecule has 1 atom stereocenters. The third-order valence-electron chi connectivity index (χ3n) is 3.87. The van der Waals surface area contributed by atoms with E-state index in [1.54, 1.807) is 4.90 Å². The van der Waals surface area contributed by atoms with Crippen LogP contribution in [0.4, 0.5) is 13.2 Å². The van der Waals surface area contributed by atoms with Gasteiger partial charge in [-0.05, 0) is 37.1 Å². The normalized spacial score (nSPS) is 18.6. The van der Waals surface area contributed by atoms with Gasteiger partial charge < -0.3 is 15.2 Å². The predicted molar refractivity (Wildman–Crippen MR) is 81.8 cm³/mol. The van der Waals surface area contributed by atoms with Gasteiger partial charge in [-0.1, -0.05) is 12.1 Å². The number of amides is 1. The van der Waals surface area contributed by atoms with Crippen LogP contribution < -0.4 is 10.1 Å². The molecular weight excluding hydrogens is 341 g/mol. The number of carbonyl (C=O) groups is 2. The fraction of sp³-hybridized carbons (Fsp3) is 0.500. The number of benzene rings is 1. The maximum absolute atomic E-state index is 12.1. The zero-order chi connectivity index (χ0) is 18.4. The second-order valence-corrected chi connectivity index (χ2v) is 5.88. The Morgan fingerprint density at radius 1 is 1.28 bits per heavy atom. The van der Waals surface area contributed by atoms with Crippen LogP contribution in [0.3, 0.4) is 0 Å². The van der Waals surface area contributed by atoms with E-state index in [-0.39, 0.29) is 24.7 Å². The average Bonchev–Trinajstić information content (AvgIpc) is 2.53. The molecular formula is C16H19F3N2O4. The summed E-state index contributed by atoms with van der Waals surface area (Å²) in [5.74, 6) is -1.90. The highest BCUT2D eigenvalue weighted by molar-refractivity contribution is 5.78. The van der Waals surface area contributed by atoms with Gasteiger partial charge in [0.25, 0.3) is 0 Å². The zero-order valence-electron chi connectivity index (χ0n) is 13.4. The molecule has 1 unspecified atom stereocenters. The highest BCUT2D eigenvalue weighted by Gasteiger charge is 2.31. The van der Waals surface area contributed by atoms with Crippen molar-refractivity contribution in [3.63, 3.8) is 0 Å². The van der Waals surface area contributed by atoms with Crippen molar-refractivity contribution in [3.8, 4) is 5.75 Å². The Morgan fingerprint density at radius 3 is 2.56 bits per heavy atom. The molecule has 1 aromatic rings. The number of halogens is 3. The number of carbonyl (C=O) groups excluding carboxylic acids is 1. The molecule has 1 fully saturated rings. The van der Waals surface area contributed by atoms with Crippen LogP contribution in [0.2, 0.25) is 0 Å². The van der Waals surface area contributed by atoms with Crippen LogP contribution in [0.25, 0.3) is 0 Å². The van der Waals surface area contributed by atoms with Crippen LogP contribution in [-0.4, -0.2) is 47.9 Å². The fourth-order valence-electron chi connectivity index (χ4n) is 2.67. The van der Waals surface area contributed by atoms with Gasteiger partial charge in [-0.2, -0.15) is 0 Å². The van der Waals surface area contributed by atoms with E-state index in [1.807, 2.05) is 0 Å². The van der Waals surface area contributed by atoms with E-state index in [1.165, 1.54) is 24.3 Å². The molecule has 1 amide bonds. The number of nitrogens with one attached hydrogen (secondary N) is 1. The lowest BCUT2D eigenvalue weighted by Gasteiger charge is -2.29. The molecule has 1 aliphatic rings. The monoisotopic (exact) mass is 360 g/mol. The fourth-order valence-corrected chi connectivity index (χ4v) is 2.67. The first-order chi connectivity index (χ1) is 11.7. The molecule has 9 heteroatoms. The molecule has 0 radical (unpaired) electrons. The largest absolute Gasteiger partial charge is 0.573 e. The number of piperidine rings is 1. The SMILES string of the molecule is O=C(CN1CCCC(C(=O)O)C1)NCc1ccc(OC(F)(F)F)cc1. The van der Waals surface area contributed by atoms with Crippen molar-refractivity contribution >= 4 is 11.9 Å². The molecule has 2 N–H and O–H groups in total. The van der Waals surface area contributed by atoms with Crippen molar-refractivity contribution < 1.29 is 32.6 Å². The number of nitrogens with zero attached hydrogens (tertiary/aromatic N) is 1. The molecule has 2 rings (SSSR count). The molecule has 0 aliphatic carbocycles. The number of hydrogen-bond acceptors (Lipinski definition) is 4. The van der Waals surface area contributed by atoms with Gasteiger partial charge in [-0.3, -0.25) is 14.5 Å². The first kappa shape index (κ1) is 19.0. The van der Waals surface area contributed by atoms with E-state index in [0.29, 0.717) is 25.1 Å². The number of ether oxygens (including phenoxy) is 1. The predicted octanol–water partition coefficient (Wildman–Crippen LogP) is 2.00. The number of carboxylic acid groups (broad SMARTS) is 1. The Balaban J connectivity index is 1.77. The molecule has 6 nitrogen and oxygen atoms in total. The van der Waals surface area contributed by atoms with Gasteiger partial charge in [-0.25, -0.2) is 0 Å². The first-order valence-electron chi connectivity index (χ1n) is 7.79. The molecule has 0 aromatic heterocycles. The van der Waals surface area contributed by atoms with Crippen molar-refractivity contribution in [2.45, 2.75) is 25.7 Å². The number of alkyl halides is 3. The van der Waals surface area contributed by atoms with Crippen molar-refractivity contribution in [3.05, 3.63) is 29.8 Å². The minimum atomic E-state index is -4.74. The minimum Gasteiger partial charge on any atom is -0.481 e. The summed E-state index contributed by atoms with van der Waals surface area (Å²) in [6.07, 6.45) is -3.40. The number of likely N-dealkylation sites (tertiary alicyclic amines) is 1. The van der Waals surface area contributed by atoms with Crippen molar-refractivity contribution in [1.29, 1.82) is 0 Å². The summed E-state index contributed by atoms with van der Waals surface area (Å²) >= 11 is 0. The van der Waals surface area contributed by atoms with Gasteiger partial charge in [0.2, 0.25) is 5.91 Å².